The van der Waals surface area contributed by atoms with Gasteiger partial charge in [-0.2, -0.15) is 0 Å². The Morgan fingerprint density at radius 1 is 1.08 bits per heavy atom. The number of piperazine rings is 1. The number of likely N-dealkylation sites (tertiary alicyclic amines) is 1. The van der Waals surface area contributed by atoms with E-state index in [4.69, 9.17) is 0 Å². The molecule has 196 valence electrons. The zero-order valence-corrected chi connectivity index (χ0v) is 21.1. The van der Waals surface area contributed by atoms with Gasteiger partial charge >= 0.3 is 0 Å². The van der Waals surface area contributed by atoms with E-state index in [2.05, 4.69) is 4.98 Å². The molecule has 5 rings (SSSR count). The highest BCUT2D eigenvalue weighted by Gasteiger charge is 2.37. The smallest absolute Gasteiger partial charge is 0.265 e. The number of hydrogen-bond acceptors (Lipinski definition) is 6. The molecule has 0 radical (unpaired) electrons. The molecule has 2 aliphatic heterocycles. The number of hydrogen-bond donors (Lipinski definition) is 0. The maximum Gasteiger partial charge on any atom is 0.265 e. The lowest BCUT2D eigenvalue weighted by atomic mass is 10.1. The quantitative estimate of drug-likeness (QED) is 0.515. The van der Waals surface area contributed by atoms with Crippen LogP contribution in [0.5, 0.6) is 0 Å². The fraction of sp³-hybridized carbons (Fsp3) is 0.440. The second-order valence-corrected chi connectivity index (χ2v) is 10.4. The van der Waals surface area contributed by atoms with Crippen LogP contribution in [-0.4, -0.2) is 76.4 Å². The summed E-state index contributed by atoms with van der Waals surface area (Å²) in [5.41, 5.74) is 0.491. The van der Waals surface area contributed by atoms with Gasteiger partial charge in [0.15, 0.2) is 0 Å². The van der Waals surface area contributed by atoms with Crippen LogP contribution in [0.2, 0.25) is 0 Å². The number of carbonyl (C=O) groups is 2. The van der Waals surface area contributed by atoms with E-state index in [1.807, 2.05) is 4.90 Å². The van der Waals surface area contributed by atoms with E-state index in [9.17, 15) is 27.6 Å². The number of benzene rings is 1. The number of rotatable bonds is 4. The van der Waals surface area contributed by atoms with E-state index < -0.39 is 30.5 Å². The van der Waals surface area contributed by atoms with Crippen LogP contribution >= 0.6 is 11.3 Å². The Bertz CT molecular complexity index is 1410. The molecule has 2 amide bonds. The van der Waals surface area contributed by atoms with Crippen molar-refractivity contribution >= 4 is 39.1 Å². The number of piperidine rings is 1. The van der Waals surface area contributed by atoms with Crippen molar-refractivity contribution in [1.82, 2.24) is 19.4 Å². The first-order chi connectivity index (χ1) is 17.6. The third-order valence-corrected chi connectivity index (χ3v) is 8.11. The summed E-state index contributed by atoms with van der Waals surface area (Å²) in [5, 5.41) is 0.248. The first-order valence-corrected chi connectivity index (χ1v) is 12.9. The summed E-state index contributed by atoms with van der Waals surface area (Å²) in [6.45, 7) is 2.58. The molecule has 0 unspecified atom stereocenters. The van der Waals surface area contributed by atoms with Gasteiger partial charge in [0.2, 0.25) is 5.91 Å². The van der Waals surface area contributed by atoms with Gasteiger partial charge in [-0.15, -0.1) is 11.3 Å². The van der Waals surface area contributed by atoms with Crippen LogP contribution in [0.4, 0.5) is 18.9 Å². The molecule has 4 heterocycles. The topological polar surface area (TPSA) is 78.8 Å². The van der Waals surface area contributed by atoms with Crippen molar-refractivity contribution in [3.05, 3.63) is 57.2 Å². The first-order valence-electron chi connectivity index (χ1n) is 12.1. The van der Waals surface area contributed by atoms with Gasteiger partial charge in [0, 0.05) is 39.1 Å². The van der Waals surface area contributed by atoms with Crippen LogP contribution in [0.15, 0.2) is 35.4 Å². The van der Waals surface area contributed by atoms with E-state index >= 15 is 0 Å². The Labute approximate surface area is 214 Å². The minimum Gasteiger partial charge on any atom is -0.366 e. The van der Waals surface area contributed by atoms with Crippen LogP contribution < -0.4 is 10.5 Å². The monoisotopic (exact) mass is 533 g/mol. The second kappa shape index (κ2) is 9.81. The maximum absolute atomic E-state index is 14.1. The number of thiophene rings is 1. The highest BCUT2D eigenvalue weighted by Crippen LogP contribution is 2.30. The minimum absolute atomic E-state index is 0.203. The summed E-state index contributed by atoms with van der Waals surface area (Å²) >= 11 is 1.11. The lowest BCUT2D eigenvalue weighted by molar-refractivity contribution is -0.142. The molecule has 0 saturated carbocycles. The molecule has 0 spiro atoms. The molecule has 12 heteroatoms. The van der Waals surface area contributed by atoms with Crippen LogP contribution in [0.25, 0.3) is 10.2 Å². The number of anilines is 1. The fourth-order valence-corrected chi connectivity index (χ4v) is 6.01. The molecule has 2 fully saturated rings. The lowest BCUT2D eigenvalue weighted by Crippen LogP contribution is -2.49. The highest BCUT2D eigenvalue weighted by molar-refractivity contribution is 7.20. The molecular weight excluding hydrogens is 507 g/mol. The van der Waals surface area contributed by atoms with Crippen molar-refractivity contribution < 1.29 is 22.8 Å². The van der Waals surface area contributed by atoms with E-state index in [-0.39, 0.29) is 36.5 Å². The number of nitrogens with zero attached hydrogens (tertiary/aromatic N) is 5. The number of aromatic nitrogens is 2. The normalized spacial score (nSPS) is 17.9. The van der Waals surface area contributed by atoms with E-state index in [0.29, 0.717) is 47.1 Å². The average Bonchev–Trinajstić information content (AvgIpc) is 3.22. The third-order valence-electron chi connectivity index (χ3n) is 6.92. The summed E-state index contributed by atoms with van der Waals surface area (Å²) in [6, 6.07) is 6.52. The summed E-state index contributed by atoms with van der Waals surface area (Å²) in [4.78, 5) is 48.8. The predicted molar refractivity (Wildman–Crippen MR) is 134 cm³/mol. The molecule has 0 aliphatic carbocycles. The molecule has 0 bridgehead atoms. The summed E-state index contributed by atoms with van der Waals surface area (Å²) in [6.07, 6.45) is 1.17. The molecule has 37 heavy (non-hydrogen) atoms. The van der Waals surface area contributed by atoms with Gasteiger partial charge in [-0.25, -0.2) is 18.2 Å². The summed E-state index contributed by atoms with van der Waals surface area (Å²) < 4.78 is 42.7. The Hall–Kier alpha value is -3.41. The number of para-hydroxylation sites is 1. The van der Waals surface area contributed by atoms with Gasteiger partial charge in [-0.1, -0.05) is 12.1 Å². The number of carbonyl (C=O) groups excluding carboxylic acids is 2. The average molecular weight is 534 g/mol. The first kappa shape index (κ1) is 25.2. The Morgan fingerprint density at radius 3 is 2.51 bits per heavy atom. The highest BCUT2D eigenvalue weighted by atomic mass is 32.1. The SMILES string of the molecule is Cc1c(C(=O)N2CCN(c3ccccc3F)CC2)sc2ncn(CC(=O)N3CCCC(F)(F)C3)c(=O)c12. The molecule has 2 aromatic heterocycles. The van der Waals surface area contributed by atoms with Crippen LogP contribution in [0, 0.1) is 12.7 Å². The largest absolute Gasteiger partial charge is 0.366 e. The standard InChI is InChI=1S/C25H26F3N5O3S/c1-16-20-22(29-15-33(23(20)35)13-19(34)32-8-4-7-25(27,28)14-32)37-21(16)24(36)31-11-9-30(10-12-31)18-6-3-2-5-17(18)26/h2-3,5-6,15H,4,7-14H2,1H3. The molecular formula is C25H26F3N5O3S. The Morgan fingerprint density at radius 2 is 1.81 bits per heavy atom. The van der Waals surface area contributed by atoms with Crippen molar-refractivity contribution in [1.29, 1.82) is 0 Å². The number of halogens is 3. The molecule has 0 atom stereocenters. The van der Waals surface area contributed by atoms with Gasteiger partial charge in [0.1, 0.15) is 17.2 Å². The van der Waals surface area contributed by atoms with Gasteiger partial charge < -0.3 is 14.7 Å². The third kappa shape index (κ3) is 4.94. The molecule has 3 aromatic rings. The van der Waals surface area contributed by atoms with Crippen LogP contribution in [0.1, 0.15) is 28.1 Å². The van der Waals surface area contributed by atoms with Gasteiger partial charge in [-0.3, -0.25) is 19.0 Å². The van der Waals surface area contributed by atoms with Crippen molar-refractivity contribution in [2.24, 2.45) is 0 Å². The number of alkyl halides is 2. The van der Waals surface area contributed by atoms with Crippen molar-refractivity contribution in [3.8, 4) is 0 Å². The number of fused-ring (bicyclic) bond motifs is 1. The minimum atomic E-state index is -2.93. The van der Waals surface area contributed by atoms with Gasteiger partial charge in [0.25, 0.3) is 17.4 Å². The summed E-state index contributed by atoms with van der Waals surface area (Å²) in [5.74, 6) is -4.04. The predicted octanol–water partition coefficient (Wildman–Crippen LogP) is 3.13. The van der Waals surface area contributed by atoms with Crippen molar-refractivity contribution in [3.63, 3.8) is 0 Å². The zero-order chi connectivity index (χ0) is 26.3. The van der Waals surface area contributed by atoms with Gasteiger partial charge in [0.05, 0.1) is 28.8 Å². The second-order valence-electron chi connectivity index (χ2n) is 9.42. The maximum atomic E-state index is 14.1. The van der Waals surface area contributed by atoms with Crippen LogP contribution in [-0.2, 0) is 11.3 Å². The van der Waals surface area contributed by atoms with Crippen LogP contribution in [0.3, 0.4) is 0 Å². The van der Waals surface area contributed by atoms with Gasteiger partial charge in [-0.05, 0) is 31.0 Å². The van der Waals surface area contributed by atoms with Crippen molar-refractivity contribution in [2.75, 3.05) is 44.2 Å². The number of aryl methyl sites for hydroxylation is 1. The molecule has 2 saturated heterocycles. The van der Waals surface area contributed by atoms with E-state index in [0.717, 1.165) is 20.8 Å². The molecule has 2 aliphatic rings. The molecule has 0 N–H and O–H groups in total. The van der Waals surface area contributed by atoms with E-state index in [1.54, 1.807) is 30.0 Å². The summed E-state index contributed by atoms with van der Waals surface area (Å²) in [7, 11) is 0. The molecule has 1 aromatic carbocycles. The molecule has 8 nitrogen and oxygen atoms in total. The Balaban J connectivity index is 1.32. The number of amides is 2. The van der Waals surface area contributed by atoms with Crippen molar-refractivity contribution in [2.45, 2.75) is 32.2 Å². The Kier molecular flexibility index (Phi) is 6.69. The lowest BCUT2D eigenvalue weighted by Gasteiger charge is -2.36. The fourth-order valence-electron chi connectivity index (χ4n) is 4.90. The van der Waals surface area contributed by atoms with E-state index in [1.165, 1.54) is 12.4 Å². The zero-order valence-electron chi connectivity index (χ0n) is 20.3.